The summed E-state index contributed by atoms with van der Waals surface area (Å²) in [6.45, 7) is 2.24. The van der Waals surface area contributed by atoms with Crippen LogP contribution in [0.2, 0.25) is 0 Å². The number of para-hydroxylation sites is 1. The van der Waals surface area contributed by atoms with Crippen LogP contribution in [0.25, 0.3) is 10.9 Å². The Morgan fingerprint density at radius 2 is 1.63 bits per heavy atom. The monoisotopic (exact) mass is 360 g/mol. The van der Waals surface area contributed by atoms with Crippen molar-refractivity contribution in [3.8, 4) is 0 Å². The zero-order valence-corrected chi connectivity index (χ0v) is 15.3. The molecule has 2 aliphatic rings. The zero-order valence-electron chi connectivity index (χ0n) is 15.3. The lowest BCUT2D eigenvalue weighted by molar-refractivity contribution is -0.150. The van der Waals surface area contributed by atoms with Crippen molar-refractivity contribution < 1.29 is 9.84 Å². The third-order valence-corrected chi connectivity index (χ3v) is 5.99. The third-order valence-electron chi connectivity index (χ3n) is 5.99. The third kappa shape index (κ3) is 3.14. The molecule has 27 heavy (non-hydrogen) atoms. The van der Waals surface area contributed by atoms with E-state index in [4.69, 9.17) is 9.72 Å². The standard InChI is InChI=1S/C23H24N2O2/c26-23(22-11-10-18-8-4-5-9-21(18)24-22)12-19-15-27-16-20(13-23)25(19)14-17-6-2-1-3-7-17/h1-11,19-20,26H,12-16H2. The van der Waals surface area contributed by atoms with E-state index in [1.54, 1.807) is 0 Å². The highest BCUT2D eigenvalue weighted by Gasteiger charge is 2.47. The van der Waals surface area contributed by atoms with Gasteiger partial charge in [-0.3, -0.25) is 4.90 Å². The molecular formula is C23H24N2O2. The SMILES string of the molecule is OC1(c2ccc3ccccc3n2)CC2COCC(C1)N2Cc1ccccc1. The molecule has 2 atom stereocenters. The second kappa shape index (κ2) is 6.71. The highest BCUT2D eigenvalue weighted by atomic mass is 16.5. The van der Waals surface area contributed by atoms with Crippen LogP contribution in [0.5, 0.6) is 0 Å². The molecule has 0 radical (unpaired) electrons. The minimum Gasteiger partial charge on any atom is -0.383 e. The van der Waals surface area contributed by atoms with E-state index in [-0.39, 0.29) is 12.1 Å². The number of nitrogens with zero attached hydrogens (tertiary/aromatic N) is 2. The smallest absolute Gasteiger partial charge is 0.110 e. The molecule has 4 heteroatoms. The summed E-state index contributed by atoms with van der Waals surface area (Å²) in [5.41, 5.74) is 2.15. The first-order valence-corrected chi connectivity index (χ1v) is 9.67. The molecule has 5 rings (SSSR count). The van der Waals surface area contributed by atoms with Crippen molar-refractivity contribution >= 4 is 10.9 Å². The number of fused-ring (bicyclic) bond motifs is 3. The van der Waals surface area contributed by atoms with Crippen molar-refractivity contribution in [2.45, 2.75) is 37.1 Å². The van der Waals surface area contributed by atoms with E-state index < -0.39 is 5.60 Å². The van der Waals surface area contributed by atoms with Crippen molar-refractivity contribution in [2.75, 3.05) is 13.2 Å². The Bertz CT molecular complexity index is 929. The molecule has 2 fully saturated rings. The number of ether oxygens (including phenoxy) is 1. The number of morpholine rings is 1. The van der Waals surface area contributed by atoms with Gasteiger partial charge in [0.2, 0.25) is 0 Å². The van der Waals surface area contributed by atoms with Gasteiger partial charge in [-0.25, -0.2) is 4.98 Å². The van der Waals surface area contributed by atoms with Gasteiger partial charge in [-0.1, -0.05) is 54.6 Å². The van der Waals surface area contributed by atoms with Gasteiger partial charge in [-0.15, -0.1) is 0 Å². The maximum atomic E-state index is 11.5. The highest BCUT2D eigenvalue weighted by Crippen LogP contribution is 2.41. The molecule has 4 nitrogen and oxygen atoms in total. The van der Waals surface area contributed by atoms with Gasteiger partial charge in [0.15, 0.2) is 0 Å². The van der Waals surface area contributed by atoms with Crippen LogP contribution in [0, 0.1) is 0 Å². The Labute approximate surface area is 159 Å². The molecular weight excluding hydrogens is 336 g/mol. The van der Waals surface area contributed by atoms with Crippen LogP contribution in [0.15, 0.2) is 66.7 Å². The van der Waals surface area contributed by atoms with Crippen molar-refractivity contribution in [3.63, 3.8) is 0 Å². The van der Waals surface area contributed by atoms with E-state index in [2.05, 4.69) is 41.3 Å². The molecule has 1 aromatic heterocycles. The minimum atomic E-state index is -0.893. The molecule has 2 unspecified atom stereocenters. The summed E-state index contributed by atoms with van der Waals surface area (Å²) < 4.78 is 5.83. The lowest BCUT2D eigenvalue weighted by Gasteiger charge is -2.51. The topological polar surface area (TPSA) is 45.6 Å². The van der Waals surface area contributed by atoms with Gasteiger partial charge in [0.25, 0.3) is 0 Å². The van der Waals surface area contributed by atoms with Crippen molar-refractivity contribution in [1.29, 1.82) is 0 Å². The molecule has 2 bridgehead atoms. The van der Waals surface area contributed by atoms with Crippen LogP contribution in [-0.4, -0.2) is 40.3 Å². The van der Waals surface area contributed by atoms with Gasteiger partial charge in [0.1, 0.15) is 5.60 Å². The zero-order chi connectivity index (χ0) is 18.3. The maximum Gasteiger partial charge on any atom is 0.110 e. The van der Waals surface area contributed by atoms with Crippen molar-refractivity contribution in [3.05, 3.63) is 78.0 Å². The molecule has 0 amide bonds. The first-order valence-electron chi connectivity index (χ1n) is 9.67. The summed E-state index contributed by atoms with van der Waals surface area (Å²) >= 11 is 0. The minimum absolute atomic E-state index is 0.205. The molecule has 0 spiro atoms. The number of aliphatic hydroxyl groups is 1. The summed E-state index contributed by atoms with van der Waals surface area (Å²) in [5, 5.41) is 12.7. The lowest BCUT2D eigenvalue weighted by atomic mass is 9.78. The summed E-state index contributed by atoms with van der Waals surface area (Å²) in [6.07, 6.45) is 1.31. The van der Waals surface area contributed by atoms with E-state index in [1.807, 2.05) is 30.3 Å². The number of benzene rings is 2. The second-order valence-corrected chi connectivity index (χ2v) is 7.83. The van der Waals surface area contributed by atoms with Gasteiger partial charge < -0.3 is 9.84 Å². The number of aromatic nitrogens is 1. The van der Waals surface area contributed by atoms with Crippen LogP contribution in [0.1, 0.15) is 24.1 Å². The maximum absolute atomic E-state index is 11.5. The Morgan fingerprint density at radius 1 is 0.926 bits per heavy atom. The molecule has 2 saturated heterocycles. The van der Waals surface area contributed by atoms with Crippen LogP contribution < -0.4 is 0 Å². The first kappa shape index (κ1) is 16.9. The summed E-state index contributed by atoms with van der Waals surface area (Å²) in [4.78, 5) is 7.31. The van der Waals surface area contributed by atoms with Crippen LogP contribution in [0.4, 0.5) is 0 Å². The lowest BCUT2D eigenvalue weighted by Crippen LogP contribution is -2.60. The van der Waals surface area contributed by atoms with Gasteiger partial charge in [0, 0.05) is 24.0 Å². The largest absolute Gasteiger partial charge is 0.383 e. The summed E-state index contributed by atoms with van der Waals surface area (Å²) in [5.74, 6) is 0. The molecule has 2 aliphatic heterocycles. The van der Waals surface area contributed by atoms with Gasteiger partial charge in [-0.05, 0) is 30.5 Å². The molecule has 3 aromatic rings. The second-order valence-electron chi connectivity index (χ2n) is 7.83. The van der Waals surface area contributed by atoms with Crippen molar-refractivity contribution in [2.24, 2.45) is 0 Å². The number of rotatable bonds is 3. The number of pyridine rings is 1. The molecule has 138 valence electrons. The van der Waals surface area contributed by atoms with Crippen LogP contribution >= 0.6 is 0 Å². The quantitative estimate of drug-likeness (QED) is 0.777. The normalized spacial score (nSPS) is 28.3. The number of hydrogen-bond acceptors (Lipinski definition) is 4. The van der Waals surface area contributed by atoms with Gasteiger partial charge in [0.05, 0.1) is 24.4 Å². The fourth-order valence-electron chi connectivity index (χ4n) is 4.63. The Morgan fingerprint density at radius 3 is 2.41 bits per heavy atom. The summed E-state index contributed by atoms with van der Waals surface area (Å²) in [6, 6.07) is 23.1. The average Bonchev–Trinajstić information content (AvgIpc) is 2.69. The van der Waals surface area contributed by atoms with Gasteiger partial charge >= 0.3 is 0 Å². The molecule has 1 N–H and O–H groups in total. The Balaban J connectivity index is 1.44. The van der Waals surface area contributed by atoms with Gasteiger partial charge in [-0.2, -0.15) is 0 Å². The van der Waals surface area contributed by atoms with E-state index in [0.29, 0.717) is 26.1 Å². The molecule has 3 heterocycles. The number of hydrogen-bond donors (Lipinski definition) is 1. The fourth-order valence-corrected chi connectivity index (χ4v) is 4.63. The van der Waals surface area contributed by atoms with E-state index in [9.17, 15) is 5.11 Å². The van der Waals surface area contributed by atoms with E-state index >= 15 is 0 Å². The predicted octanol–water partition coefficient (Wildman–Crippen LogP) is 3.49. The van der Waals surface area contributed by atoms with E-state index in [0.717, 1.165) is 23.1 Å². The van der Waals surface area contributed by atoms with E-state index in [1.165, 1.54) is 5.56 Å². The molecule has 0 saturated carbocycles. The van der Waals surface area contributed by atoms with Crippen molar-refractivity contribution in [1.82, 2.24) is 9.88 Å². The highest BCUT2D eigenvalue weighted by molar-refractivity contribution is 5.78. The average molecular weight is 360 g/mol. The predicted molar refractivity (Wildman–Crippen MR) is 105 cm³/mol. The Kier molecular flexibility index (Phi) is 4.20. The first-order chi connectivity index (χ1) is 13.2. The fraction of sp³-hybridized carbons (Fsp3) is 0.348. The Hall–Kier alpha value is -2.27. The van der Waals surface area contributed by atoms with Crippen LogP contribution in [-0.2, 0) is 16.9 Å². The van der Waals surface area contributed by atoms with Crippen LogP contribution in [0.3, 0.4) is 0 Å². The molecule has 0 aliphatic carbocycles. The number of piperidine rings is 1. The summed E-state index contributed by atoms with van der Waals surface area (Å²) in [7, 11) is 0. The molecule has 2 aromatic carbocycles.